The van der Waals surface area contributed by atoms with Crippen molar-refractivity contribution < 1.29 is 4.79 Å². The van der Waals surface area contributed by atoms with Crippen LogP contribution >= 0.6 is 11.3 Å². The van der Waals surface area contributed by atoms with Crippen molar-refractivity contribution >= 4 is 23.2 Å². The average Bonchev–Trinajstić information content (AvgIpc) is 2.55. The van der Waals surface area contributed by atoms with E-state index >= 15 is 0 Å². The van der Waals surface area contributed by atoms with Gasteiger partial charge in [0.1, 0.15) is 0 Å². The molecular weight excluding hydrogens is 180 g/mol. The number of carbonyl (C=O) groups excluding carboxylic acids is 1. The van der Waals surface area contributed by atoms with Crippen molar-refractivity contribution in [3.05, 3.63) is 28.0 Å². The summed E-state index contributed by atoms with van der Waals surface area (Å²) in [6.45, 7) is 5.72. The first-order chi connectivity index (χ1) is 6.11. The molecule has 0 aliphatic rings. The summed E-state index contributed by atoms with van der Waals surface area (Å²) in [5, 5.41) is 4.05. The second kappa shape index (κ2) is 4.38. The van der Waals surface area contributed by atoms with E-state index in [0.29, 0.717) is 0 Å². The fourth-order valence-corrected chi connectivity index (χ4v) is 1.75. The molecule has 1 rings (SSSR count). The fraction of sp³-hybridized carbons (Fsp3) is 0.364. The van der Waals surface area contributed by atoms with E-state index in [9.17, 15) is 4.79 Å². The lowest BCUT2D eigenvalue weighted by Crippen LogP contribution is -2.07. The van der Waals surface area contributed by atoms with Crippen LogP contribution in [-0.2, 0) is 4.79 Å². The van der Waals surface area contributed by atoms with Gasteiger partial charge >= 0.3 is 0 Å². The molecule has 0 aliphatic carbocycles. The molecule has 1 heterocycles. The second-order valence-electron chi connectivity index (χ2n) is 3.40. The quantitative estimate of drug-likeness (QED) is 0.674. The molecule has 1 aromatic heterocycles. The molecular formula is C11H14OS. The van der Waals surface area contributed by atoms with Crippen molar-refractivity contribution in [2.24, 2.45) is 5.92 Å². The van der Waals surface area contributed by atoms with Crippen LogP contribution in [0.15, 0.2) is 22.4 Å². The van der Waals surface area contributed by atoms with Gasteiger partial charge in [0.2, 0.25) is 0 Å². The highest BCUT2D eigenvalue weighted by atomic mass is 32.1. The van der Waals surface area contributed by atoms with E-state index < -0.39 is 0 Å². The summed E-state index contributed by atoms with van der Waals surface area (Å²) in [4.78, 5) is 11.5. The number of rotatable bonds is 3. The minimum atomic E-state index is 0.0925. The van der Waals surface area contributed by atoms with Gasteiger partial charge in [-0.1, -0.05) is 13.8 Å². The van der Waals surface area contributed by atoms with E-state index in [0.717, 1.165) is 11.1 Å². The third-order valence-electron chi connectivity index (χ3n) is 1.84. The van der Waals surface area contributed by atoms with E-state index in [4.69, 9.17) is 0 Å². The predicted molar refractivity (Wildman–Crippen MR) is 57.8 cm³/mol. The summed E-state index contributed by atoms with van der Waals surface area (Å²) in [6.07, 6.45) is 1.94. The van der Waals surface area contributed by atoms with Gasteiger partial charge in [0, 0.05) is 5.92 Å². The zero-order valence-electron chi connectivity index (χ0n) is 8.20. The van der Waals surface area contributed by atoms with Gasteiger partial charge in [-0.2, -0.15) is 11.3 Å². The van der Waals surface area contributed by atoms with Crippen molar-refractivity contribution in [2.75, 3.05) is 0 Å². The van der Waals surface area contributed by atoms with E-state index in [1.54, 1.807) is 11.3 Å². The summed E-state index contributed by atoms with van der Waals surface area (Å²) >= 11 is 1.65. The van der Waals surface area contributed by atoms with Crippen LogP contribution in [0.4, 0.5) is 0 Å². The number of thiophene rings is 1. The van der Waals surface area contributed by atoms with Gasteiger partial charge in [0.25, 0.3) is 0 Å². The largest absolute Gasteiger partial charge is 0.294 e. The molecule has 2 heteroatoms. The van der Waals surface area contributed by atoms with Crippen molar-refractivity contribution in [2.45, 2.75) is 20.8 Å². The topological polar surface area (TPSA) is 17.1 Å². The maximum atomic E-state index is 11.5. The lowest BCUT2D eigenvalue weighted by molar-refractivity contribution is -0.118. The molecule has 13 heavy (non-hydrogen) atoms. The Hall–Kier alpha value is -0.890. The Morgan fingerprint density at radius 1 is 1.54 bits per heavy atom. The van der Waals surface area contributed by atoms with Crippen LogP contribution in [0, 0.1) is 5.92 Å². The Kier molecular flexibility index (Phi) is 3.43. The van der Waals surface area contributed by atoms with Crippen LogP contribution < -0.4 is 0 Å². The van der Waals surface area contributed by atoms with E-state index in [1.165, 1.54) is 0 Å². The molecule has 0 bridgehead atoms. The van der Waals surface area contributed by atoms with E-state index in [2.05, 4.69) is 0 Å². The van der Waals surface area contributed by atoms with Crippen LogP contribution in [0.25, 0.3) is 6.08 Å². The summed E-state index contributed by atoms with van der Waals surface area (Å²) in [6, 6.07) is 2.02. The van der Waals surface area contributed by atoms with Crippen molar-refractivity contribution in [1.82, 2.24) is 0 Å². The molecule has 0 fully saturated rings. The summed E-state index contributed by atoms with van der Waals surface area (Å²) < 4.78 is 0. The van der Waals surface area contributed by atoms with Gasteiger partial charge in [-0.25, -0.2) is 0 Å². The zero-order chi connectivity index (χ0) is 9.84. The highest BCUT2D eigenvalue weighted by Crippen LogP contribution is 2.13. The molecule has 0 N–H and O–H groups in total. The van der Waals surface area contributed by atoms with Crippen LogP contribution in [0.1, 0.15) is 26.3 Å². The Morgan fingerprint density at radius 3 is 2.69 bits per heavy atom. The number of hydrogen-bond acceptors (Lipinski definition) is 2. The molecule has 0 saturated heterocycles. The average molecular weight is 194 g/mol. The monoisotopic (exact) mass is 194 g/mol. The fourth-order valence-electron chi connectivity index (χ4n) is 1.13. The van der Waals surface area contributed by atoms with Gasteiger partial charge in [-0.05, 0) is 41.0 Å². The molecule has 0 unspecified atom stereocenters. The first-order valence-electron chi connectivity index (χ1n) is 4.36. The highest BCUT2D eigenvalue weighted by Gasteiger charge is 2.08. The second-order valence-corrected chi connectivity index (χ2v) is 4.18. The maximum Gasteiger partial charge on any atom is 0.161 e. The lowest BCUT2D eigenvalue weighted by Gasteiger charge is -2.02. The number of ketones is 1. The van der Waals surface area contributed by atoms with Crippen LogP contribution in [0.5, 0.6) is 0 Å². The van der Waals surface area contributed by atoms with E-state index in [-0.39, 0.29) is 11.7 Å². The molecule has 0 radical (unpaired) electrons. The summed E-state index contributed by atoms with van der Waals surface area (Å²) in [7, 11) is 0. The molecule has 0 saturated carbocycles. The molecule has 0 spiro atoms. The van der Waals surface area contributed by atoms with Gasteiger partial charge in [-0.15, -0.1) is 0 Å². The smallest absolute Gasteiger partial charge is 0.161 e. The molecule has 1 aromatic rings. The van der Waals surface area contributed by atoms with E-state index in [1.807, 2.05) is 43.7 Å². The predicted octanol–water partition coefficient (Wildman–Crippen LogP) is 3.38. The van der Waals surface area contributed by atoms with Crippen molar-refractivity contribution in [1.29, 1.82) is 0 Å². The van der Waals surface area contributed by atoms with Crippen LogP contribution in [0.2, 0.25) is 0 Å². The lowest BCUT2D eigenvalue weighted by atomic mass is 10.0. The minimum absolute atomic E-state index is 0.0925. The molecule has 0 amide bonds. The first-order valence-corrected chi connectivity index (χ1v) is 5.30. The summed E-state index contributed by atoms with van der Waals surface area (Å²) in [5.74, 6) is 0.320. The molecule has 0 aromatic carbocycles. The van der Waals surface area contributed by atoms with Gasteiger partial charge in [-0.3, -0.25) is 4.79 Å². The Labute approximate surface area is 83.1 Å². The maximum absolute atomic E-state index is 11.5. The summed E-state index contributed by atoms with van der Waals surface area (Å²) in [5.41, 5.74) is 1.96. The van der Waals surface area contributed by atoms with Gasteiger partial charge in [0.15, 0.2) is 5.78 Å². The standard InChI is InChI=1S/C11H14OS/c1-8(2)11(12)9(3)6-10-4-5-13-7-10/h4-8H,1-3H3. The molecule has 1 nitrogen and oxygen atoms in total. The first kappa shape index (κ1) is 10.2. The third kappa shape index (κ3) is 2.81. The zero-order valence-corrected chi connectivity index (χ0v) is 9.02. The normalized spacial score (nSPS) is 12.2. The number of allylic oxidation sites excluding steroid dienone is 1. The van der Waals surface area contributed by atoms with Crippen molar-refractivity contribution in [3.8, 4) is 0 Å². The van der Waals surface area contributed by atoms with Crippen molar-refractivity contribution in [3.63, 3.8) is 0 Å². The number of hydrogen-bond donors (Lipinski definition) is 0. The van der Waals surface area contributed by atoms with Gasteiger partial charge in [0.05, 0.1) is 0 Å². The molecule has 0 aliphatic heterocycles. The van der Waals surface area contributed by atoms with Crippen LogP contribution in [0.3, 0.4) is 0 Å². The Bertz CT molecular complexity index is 307. The Morgan fingerprint density at radius 2 is 2.23 bits per heavy atom. The SMILES string of the molecule is CC(=Cc1ccsc1)C(=O)C(C)C. The number of carbonyl (C=O) groups is 1. The van der Waals surface area contributed by atoms with Gasteiger partial charge < -0.3 is 0 Å². The third-order valence-corrected chi connectivity index (χ3v) is 2.54. The molecule has 0 atom stereocenters. The molecule has 70 valence electrons. The Balaban J connectivity index is 2.78. The number of Topliss-reactive ketones (excluding diaryl/α,β-unsaturated/α-hetero) is 1. The highest BCUT2D eigenvalue weighted by molar-refractivity contribution is 7.08. The minimum Gasteiger partial charge on any atom is -0.294 e. The van der Waals surface area contributed by atoms with Crippen LogP contribution in [-0.4, -0.2) is 5.78 Å².